The van der Waals surface area contributed by atoms with E-state index in [2.05, 4.69) is 56.0 Å². The molecule has 5 heterocycles. The van der Waals surface area contributed by atoms with Crippen molar-refractivity contribution in [1.29, 1.82) is 0 Å². The van der Waals surface area contributed by atoms with Gasteiger partial charge in [-0.15, -0.1) is 0 Å². The number of carbonyl (C=O) groups excluding carboxylic acids is 1. The van der Waals surface area contributed by atoms with Crippen LogP contribution in [0.2, 0.25) is 0 Å². The number of hydrogen-bond donors (Lipinski definition) is 1. The van der Waals surface area contributed by atoms with Gasteiger partial charge in [-0.3, -0.25) is 9.69 Å². The highest BCUT2D eigenvalue weighted by Crippen LogP contribution is 2.44. The van der Waals surface area contributed by atoms with Crippen molar-refractivity contribution in [2.45, 2.75) is 45.8 Å². The van der Waals surface area contributed by atoms with Crippen LogP contribution >= 0.6 is 0 Å². The number of piperazine rings is 1. The molecule has 3 fully saturated rings. The molecule has 0 bridgehead atoms. The zero-order chi connectivity index (χ0) is 29.4. The van der Waals surface area contributed by atoms with Gasteiger partial charge in [-0.2, -0.15) is 0 Å². The number of likely N-dealkylation sites (tertiary alicyclic amines) is 1. The first-order chi connectivity index (χ1) is 20.2. The third-order valence-corrected chi connectivity index (χ3v) is 10.5. The summed E-state index contributed by atoms with van der Waals surface area (Å²) in [7, 11) is -3.01. The third-order valence-electron chi connectivity index (χ3n) is 8.90. The lowest BCUT2D eigenvalue weighted by Gasteiger charge is -2.43. The molecule has 4 aliphatic heterocycles. The molecule has 6 rings (SSSR count). The highest BCUT2D eigenvalue weighted by molar-refractivity contribution is 7.91. The Morgan fingerprint density at radius 3 is 2.40 bits per heavy atom. The van der Waals surface area contributed by atoms with Crippen molar-refractivity contribution in [3.63, 3.8) is 0 Å². The Kier molecular flexibility index (Phi) is 7.89. The standard InChI is InChI=1S/C30H39N7O4S/c1-4-5-26(38)36-8-6-23(7-9-36)34-10-12-35(13-11-34)24-18-21(2)28-25(19-24)33-29-27(22(3)41-28)30(32-20-31-29)37-14-16-42(39,40)17-15-37/h18-20,22-23H,6-17H2,1-3H3,(H,31,32,33)/t22-/m1/s1. The van der Waals surface area contributed by atoms with Crippen LogP contribution in [0.15, 0.2) is 18.5 Å². The fourth-order valence-electron chi connectivity index (χ4n) is 6.55. The predicted octanol–water partition coefficient (Wildman–Crippen LogP) is 2.35. The van der Waals surface area contributed by atoms with E-state index in [0.29, 0.717) is 24.9 Å². The van der Waals surface area contributed by atoms with E-state index in [1.165, 1.54) is 6.33 Å². The number of carbonyl (C=O) groups is 1. The number of hydrogen-bond acceptors (Lipinski definition) is 10. The molecular weight excluding hydrogens is 554 g/mol. The van der Waals surface area contributed by atoms with Gasteiger partial charge in [0.25, 0.3) is 5.91 Å². The van der Waals surface area contributed by atoms with Crippen molar-refractivity contribution >= 4 is 38.8 Å². The van der Waals surface area contributed by atoms with Crippen LogP contribution in [-0.4, -0.2) is 104 Å². The van der Waals surface area contributed by atoms with Gasteiger partial charge in [0, 0.05) is 64.1 Å². The second-order valence-electron chi connectivity index (χ2n) is 11.5. The minimum atomic E-state index is -3.01. The maximum atomic E-state index is 12.1. The van der Waals surface area contributed by atoms with Crippen molar-refractivity contribution in [2.75, 3.05) is 79.0 Å². The number of fused-ring (bicyclic) bond motifs is 2. The van der Waals surface area contributed by atoms with Crippen molar-refractivity contribution < 1.29 is 17.9 Å². The lowest BCUT2D eigenvalue weighted by atomic mass is 10.0. The van der Waals surface area contributed by atoms with Crippen LogP contribution in [0, 0.1) is 18.8 Å². The van der Waals surface area contributed by atoms with Gasteiger partial charge in [-0.05, 0) is 57.2 Å². The Morgan fingerprint density at radius 1 is 1.00 bits per heavy atom. The smallest absolute Gasteiger partial charge is 0.298 e. The molecule has 12 heteroatoms. The Bertz CT molecular complexity index is 1510. The quantitative estimate of drug-likeness (QED) is 0.533. The molecule has 0 saturated carbocycles. The Labute approximate surface area is 248 Å². The molecule has 2 aromatic rings. The first kappa shape index (κ1) is 28.6. The van der Waals surface area contributed by atoms with E-state index in [4.69, 9.17) is 4.74 Å². The monoisotopic (exact) mass is 593 g/mol. The zero-order valence-corrected chi connectivity index (χ0v) is 25.4. The lowest BCUT2D eigenvalue weighted by Crippen LogP contribution is -2.53. The second kappa shape index (κ2) is 11.6. The number of nitrogens with one attached hydrogen (secondary N) is 1. The van der Waals surface area contributed by atoms with Crippen LogP contribution in [0.25, 0.3) is 0 Å². The van der Waals surface area contributed by atoms with Crippen LogP contribution in [0.1, 0.15) is 43.9 Å². The topological polar surface area (TPSA) is 111 Å². The van der Waals surface area contributed by atoms with Crippen molar-refractivity contribution in [3.05, 3.63) is 29.6 Å². The maximum Gasteiger partial charge on any atom is 0.298 e. The summed E-state index contributed by atoms with van der Waals surface area (Å²) < 4.78 is 30.5. The summed E-state index contributed by atoms with van der Waals surface area (Å²) in [6.07, 6.45) is 3.21. The summed E-state index contributed by atoms with van der Waals surface area (Å²) in [6.45, 7) is 12.0. The molecule has 11 nitrogen and oxygen atoms in total. The minimum absolute atomic E-state index is 0.0569. The lowest BCUT2D eigenvalue weighted by molar-refractivity contribution is -0.126. The molecule has 0 spiro atoms. The molecule has 1 N–H and O–H groups in total. The number of amides is 1. The average molecular weight is 594 g/mol. The van der Waals surface area contributed by atoms with Gasteiger partial charge in [0.15, 0.2) is 9.84 Å². The van der Waals surface area contributed by atoms with Gasteiger partial charge in [0.2, 0.25) is 0 Å². The molecule has 0 aliphatic carbocycles. The van der Waals surface area contributed by atoms with Gasteiger partial charge in [-0.1, -0.05) is 5.92 Å². The Hall–Kier alpha value is -3.56. The van der Waals surface area contributed by atoms with Gasteiger partial charge < -0.3 is 24.8 Å². The fourth-order valence-corrected chi connectivity index (χ4v) is 7.75. The minimum Gasteiger partial charge on any atom is -0.483 e. The molecule has 1 amide bonds. The summed E-state index contributed by atoms with van der Waals surface area (Å²) in [6, 6.07) is 4.84. The molecule has 42 heavy (non-hydrogen) atoms. The van der Waals surface area contributed by atoms with E-state index in [0.717, 1.165) is 86.2 Å². The van der Waals surface area contributed by atoms with E-state index in [-0.39, 0.29) is 23.5 Å². The highest BCUT2D eigenvalue weighted by atomic mass is 32.2. The normalized spacial score (nSPS) is 22.5. The number of piperidine rings is 1. The molecule has 4 aliphatic rings. The van der Waals surface area contributed by atoms with Gasteiger partial charge in [0.05, 0.1) is 22.8 Å². The number of sulfone groups is 1. The number of aromatic nitrogens is 2. The van der Waals surface area contributed by atoms with E-state index < -0.39 is 9.84 Å². The van der Waals surface area contributed by atoms with E-state index in [1.54, 1.807) is 6.92 Å². The Balaban J connectivity index is 1.15. The van der Waals surface area contributed by atoms with Gasteiger partial charge >= 0.3 is 0 Å². The van der Waals surface area contributed by atoms with Crippen molar-refractivity contribution in [1.82, 2.24) is 19.8 Å². The SMILES string of the molecule is CC#CC(=O)N1CCC(N2CCN(c3cc(C)c4c(c3)Nc3ncnc(N5CCS(=O)(=O)CC5)c3[C@@H](C)O4)CC2)CC1. The van der Waals surface area contributed by atoms with Crippen molar-refractivity contribution in [3.8, 4) is 17.6 Å². The fraction of sp³-hybridized carbons (Fsp3) is 0.567. The summed E-state index contributed by atoms with van der Waals surface area (Å²) in [5.74, 6) is 7.78. The molecule has 1 aromatic heterocycles. The van der Waals surface area contributed by atoms with Crippen LogP contribution in [0.3, 0.4) is 0 Å². The number of benzene rings is 1. The van der Waals surface area contributed by atoms with Crippen molar-refractivity contribution in [2.24, 2.45) is 0 Å². The van der Waals surface area contributed by atoms with Crippen LogP contribution in [0.5, 0.6) is 5.75 Å². The zero-order valence-electron chi connectivity index (χ0n) is 24.6. The van der Waals surface area contributed by atoms with E-state index in [9.17, 15) is 13.2 Å². The molecule has 3 saturated heterocycles. The number of rotatable bonds is 3. The van der Waals surface area contributed by atoms with Crippen LogP contribution < -0.4 is 19.9 Å². The first-order valence-electron chi connectivity index (χ1n) is 14.8. The van der Waals surface area contributed by atoms with Gasteiger partial charge in [-0.25, -0.2) is 18.4 Å². The first-order valence-corrected chi connectivity index (χ1v) is 16.6. The number of ether oxygens (including phenoxy) is 1. The summed E-state index contributed by atoms with van der Waals surface area (Å²) >= 11 is 0. The van der Waals surface area contributed by atoms with Crippen LogP contribution in [-0.2, 0) is 14.6 Å². The van der Waals surface area contributed by atoms with E-state index in [1.807, 2.05) is 16.7 Å². The Morgan fingerprint density at radius 2 is 1.71 bits per heavy atom. The second-order valence-corrected chi connectivity index (χ2v) is 13.8. The maximum absolute atomic E-state index is 12.1. The third kappa shape index (κ3) is 5.72. The summed E-state index contributed by atoms with van der Waals surface area (Å²) in [5, 5.41) is 3.53. The molecular formula is C30H39N7O4S. The summed E-state index contributed by atoms with van der Waals surface area (Å²) in [5.41, 5.74) is 3.91. The van der Waals surface area contributed by atoms with Crippen LogP contribution in [0.4, 0.5) is 23.0 Å². The highest BCUT2D eigenvalue weighted by Gasteiger charge is 2.32. The van der Waals surface area contributed by atoms with E-state index >= 15 is 0 Å². The molecule has 1 aromatic carbocycles. The number of aryl methyl sites for hydroxylation is 1. The predicted molar refractivity (Wildman–Crippen MR) is 163 cm³/mol. The average Bonchev–Trinajstić information content (AvgIpc) is 3.13. The molecule has 224 valence electrons. The molecule has 0 unspecified atom stereocenters. The number of nitrogens with zero attached hydrogens (tertiary/aromatic N) is 6. The molecule has 1 atom stereocenters. The molecule has 0 radical (unpaired) electrons. The number of anilines is 4. The largest absolute Gasteiger partial charge is 0.483 e. The van der Waals surface area contributed by atoms with Gasteiger partial charge in [0.1, 0.15) is 29.8 Å². The summed E-state index contributed by atoms with van der Waals surface area (Å²) in [4.78, 5) is 30.2.